The van der Waals surface area contributed by atoms with Crippen molar-refractivity contribution in [3.05, 3.63) is 101 Å². The number of nitrogens with one attached hydrogen (secondary N) is 3. The van der Waals surface area contributed by atoms with Gasteiger partial charge in [0.05, 0.1) is 23.0 Å². The third kappa shape index (κ3) is 7.16. The molecule has 0 saturated heterocycles. The monoisotopic (exact) mass is 607 g/mol. The molecule has 3 N–H and O–H groups in total. The van der Waals surface area contributed by atoms with Crippen LogP contribution in [0, 0.1) is 30.7 Å². The van der Waals surface area contributed by atoms with Crippen LogP contribution in [0.5, 0.6) is 0 Å². The predicted molar refractivity (Wildman–Crippen MR) is 184 cm³/mol. The Labute approximate surface area is 269 Å². The van der Waals surface area contributed by atoms with Gasteiger partial charge in [-0.2, -0.15) is 5.11 Å². The number of pyridine rings is 1. The van der Waals surface area contributed by atoms with Crippen molar-refractivity contribution >= 4 is 23.0 Å². The van der Waals surface area contributed by atoms with Crippen LogP contribution in [-0.4, -0.2) is 27.5 Å². The Hall–Kier alpha value is -4.33. The maximum Gasteiger partial charge on any atom is 0.231 e. The fraction of sp³-hybridized carbons (Fsp3) is 0.432. The average Bonchev–Trinajstić information content (AvgIpc) is 3.29. The Kier molecular flexibility index (Phi) is 10.1. The van der Waals surface area contributed by atoms with Gasteiger partial charge in [0.2, 0.25) is 5.91 Å². The molecule has 0 radical (unpaired) electrons. The number of carbonyl (C=O) groups excluding carboxylic acids is 1. The molecule has 2 heterocycles. The van der Waals surface area contributed by atoms with Crippen LogP contribution in [-0.2, 0) is 17.8 Å². The molecule has 5 rings (SSSR count). The molecule has 0 spiro atoms. The van der Waals surface area contributed by atoms with Crippen molar-refractivity contribution in [3.63, 3.8) is 0 Å². The van der Waals surface area contributed by atoms with Crippen molar-refractivity contribution in [2.75, 3.05) is 17.7 Å². The highest BCUT2D eigenvalue weighted by atomic mass is 16.2. The number of imidazole rings is 1. The maximum atomic E-state index is 14.1. The van der Waals surface area contributed by atoms with E-state index >= 15 is 0 Å². The minimum absolute atomic E-state index is 0. The first-order chi connectivity index (χ1) is 21.7. The molecule has 1 aliphatic rings. The molecule has 1 saturated carbocycles. The van der Waals surface area contributed by atoms with Crippen LogP contribution in [0.3, 0.4) is 0 Å². The fourth-order valence-electron chi connectivity index (χ4n) is 6.94. The number of aryl methyl sites for hydroxylation is 1. The minimum atomic E-state index is -0.868. The van der Waals surface area contributed by atoms with E-state index in [4.69, 9.17) is 10.5 Å². The zero-order valence-corrected chi connectivity index (χ0v) is 27.4. The van der Waals surface area contributed by atoms with Gasteiger partial charge in [0.1, 0.15) is 11.5 Å². The maximum absolute atomic E-state index is 14.1. The van der Waals surface area contributed by atoms with Gasteiger partial charge in [0.15, 0.2) is 0 Å². The van der Waals surface area contributed by atoms with E-state index < -0.39 is 5.41 Å². The second kappa shape index (κ2) is 14.2. The number of nitrogens with zero attached hydrogens (tertiary/aromatic N) is 4. The van der Waals surface area contributed by atoms with E-state index in [-0.39, 0.29) is 13.3 Å². The number of amides is 1. The summed E-state index contributed by atoms with van der Waals surface area (Å²) < 4.78 is 2.30. The Morgan fingerprint density at radius 3 is 2.58 bits per heavy atom. The van der Waals surface area contributed by atoms with Crippen molar-refractivity contribution in [2.45, 2.75) is 85.1 Å². The van der Waals surface area contributed by atoms with Crippen LogP contribution in [0.15, 0.2) is 72.4 Å². The van der Waals surface area contributed by atoms with E-state index in [0.29, 0.717) is 17.3 Å². The van der Waals surface area contributed by atoms with Gasteiger partial charge in [-0.05, 0) is 65.8 Å². The molecule has 4 aromatic rings. The summed E-state index contributed by atoms with van der Waals surface area (Å²) in [5, 5.41) is 10.1. The molecule has 0 aliphatic heterocycles. The Balaban J connectivity index is 0.00000480. The van der Waals surface area contributed by atoms with Crippen LogP contribution in [0.1, 0.15) is 93.4 Å². The largest absolute Gasteiger partial charge is 0.386 e. The van der Waals surface area contributed by atoms with Gasteiger partial charge < -0.3 is 15.2 Å². The molecule has 1 aliphatic carbocycles. The van der Waals surface area contributed by atoms with Crippen LogP contribution >= 0.6 is 0 Å². The summed E-state index contributed by atoms with van der Waals surface area (Å²) in [7, 11) is 1.83. The number of rotatable bonds is 11. The van der Waals surface area contributed by atoms with E-state index in [1.165, 1.54) is 49.7 Å². The molecule has 45 heavy (non-hydrogen) atoms. The van der Waals surface area contributed by atoms with Gasteiger partial charge in [-0.1, -0.05) is 76.6 Å². The fourth-order valence-corrected chi connectivity index (χ4v) is 6.94. The molecule has 8 heteroatoms. The second-order valence-electron chi connectivity index (χ2n) is 13.1. The summed E-state index contributed by atoms with van der Waals surface area (Å²) >= 11 is 0. The normalized spacial score (nSPS) is 14.9. The lowest BCUT2D eigenvalue weighted by atomic mass is 9.69. The highest BCUT2D eigenvalue weighted by Crippen LogP contribution is 2.46. The molecule has 1 fully saturated rings. The lowest BCUT2D eigenvalue weighted by Gasteiger charge is -2.35. The van der Waals surface area contributed by atoms with E-state index in [1.54, 1.807) is 12.4 Å². The number of anilines is 2. The first kappa shape index (κ1) is 32.1. The Morgan fingerprint density at radius 2 is 1.89 bits per heavy atom. The van der Waals surface area contributed by atoms with Gasteiger partial charge in [0, 0.05) is 45.9 Å². The second-order valence-corrected chi connectivity index (χ2v) is 13.1. The summed E-state index contributed by atoms with van der Waals surface area (Å²) in [6.07, 6.45) is 16.3. The van der Waals surface area contributed by atoms with Crippen LogP contribution < -0.4 is 10.6 Å². The molecular weight excluding hydrogens is 558 g/mol. The van der Waals surface area contributed by atoms with E-state index in [1.807, 2.05) is 52.2 Å². The van der Waals surface area contributed by atoms with E-state index in [2.05, 4.69) is 62.7 Å². The Morgan fingerprint density at radius 1 is 1.11 bits per heavy atom. The smallest absolute Gasteiger partial charge is 0.231 e. The lowest BCUT2D eigenvalue weighted by Crippen LogP contribution is -2.37. The first-order valence-corrected chi connectivity index (χ1v) is 16.2. The zero-order chi connectivity index (χ0) is 32.0. The van der Waals surface area contributed by atoms with Crippen molar-refractivity contribution in [1.82, 2.24) is 14.5 Å². The van der Waals surface area contributed by atoms with Crippen molar-refractivity contribution < 1.29 is 6.22 Å². The number of aromatic nitrogens is 3. The third-order valence-electron chi connectivity index (χ3n) is 9.69. The van der Waals surface area contributed by atoms with Gasteiger partial charge >= 0.3 is 0 Å². The van der Waals surface area contributed by atoms with Crippen LogP contribution in [0.25, 0.3) is 0 Å². The molecule has 8 nitrogen and oxygen atoms in total. The predicted octanol–water partition coefficient (Wildman–Crippen LogP) is 9.20. The molecule has 2 aromatic carbocycles. The summed E-state index contributed by atoms with van der Waals surface area (Å²) in [6.45, 7) is 8.85. The summed E-state index contributed by atoms with van der Waals surface area (Å²) in [4.78, 5) is 23.0. The molecule has 238 valence electrons. The third-order valence-corrected chi connectivity index (χ3v) is 9.69. The number of benzene rings is 2. The lowest BCUT2D eigenvalue weighted by molar-refractivity contribution is -0.124. The van der Waals surface area contributed by atoms with Crippen molar-refractivity contribution in [2.24, 2.45) is 16.4 Å². The van der Waals surface area contributed by atoms with Crippen molar-refractivity contribution in [1.29, 1.82) is 5.53 Å². The van der Waals surface area contributed by atoms with Crippen LogP contribution in [0.2, 0.25) is 0 Å². The van der Waals surface area contributed by atoms with Gasteiger partial charge in [0.25, 0.3) is 0 Å². The average molecular weight is 608 g/mol. The van der Waals surface area contributed by atoms with E-state index in [9.17, 15) is 4.79 Å². The minimum Gasteiger partial charge on any atom is -0.386 e. The van der Waals surface area contributed by atoms with Gasteiger partial charge in [-0.3, -0.25) is 9.78 Å². The topological polar surface area (TPSA) is 108 Å². The molecule has 2 aromatic heterocycles. The number of hydrogen-bond donors (Lipinski definition) is 3. The molecule has 0 unspecified atom stereocenters. The standard InChI is InChI=1S/C37H47N7O.H2/c1-25-14-15-28(22-29(25)24-44-20-19-41-33(44)21-27-11-8-6-7-9-12-27)34(31-16-17-32(39-5)35(43-38)26(31)2)37(3,4)36(45)42-30-13-10-18-40-23-30;/h10,13-20,22-23,27,34,38-39H,6-9,11-12,21,24H2,1-5H3,(H,42,45);1H/t34-;/m0./s1. The number of carbonyl (C=O) groups is 1. The van der Waals surface area contributed by atoms with Crippen molar-refractivity contribution in [3.8, 4) is 0 Å². The summed E-state index contributed by atoms with van der Waals surface area (Å²) in [6, 6.07) is 14.3. The quantitative estimate of drug-likeness (QED) is 0.117. The van der Waals surface area contributed by atoms with E-state index in [0.717, 1.165) is 41.2 Å². The summed E-state index contributed by atoms with van der Waals surface area (Å²) in [5.74, 6) is 1.43. The van der Waals surface area contributed by atoms with Gasteiger partial charge in [-0.15, -0.1) is 0 Å². The zero-order valence-electron chi connectivity index (χ0n) is 27.4. The van der Waals surface area contributed by atoms with Gasteiger partial charge in [-0.25, -0.2) is 10.5 Å². The molecule has 0 bridgehead atoms. The molecule has 1 amide bonds. The molecular formula is C37H49N7O. The van der Waals surface area contributed by atoms with Crippen LogP contribution in [0.4, 0.5) is 17.1 Å². The number of hydrogen-bond acceptors (Lipinski definition) is 6. The SMILES string of the molecule is CNc1ccc([C@H](c2ccc(C)c(Cn3ccnc3CC3CCCCCC3)c2)C(C)(C)C(=O)Nc2cccnc2)c(C)c1N=N.[HH]. The highest BCUT2D eigenvalue weighted by Gasteiger charge is 2.40. The Bertz CT molecular complexity index is 1620. The first-order valence-electron chi connectivity index (χ1n) is 16.2. The highest BCUT2D eigenvalue weighted by molar-refractivity contribution is 5.96. The summed E-state index contributed by atoms with van der Waals surface area (Å²) in [5.41, 5.74) is 14.4. The molecule has 1 atom stereocenters.